The smallest absolute Gasteiger partial charge is 0.191 e. The molecule has 0 atom stereocenters. The average molecular weight is 537 g/mol. The van der Waals surface area contributed by atoms with Crippen LogP contribution in [0.4, 0.5) is 0 Å². The van der Waals surface area contributed by atoms with Crippen LogP contribution in [-0.4, -0.2) is 69.7 Å². The molecule has 1 fully saturated rings. The van der Waals surface area contributed by atoms with Crippen molar-refractivity contribution in [3.63, 3.8) is 0 Å². The maximum absolute atomic E-state index is 5.42. The normalized spacial score (nSPS) is 15.3. The fourth-order valence-corrected chi connectivity index (χ4v) is 3.66. The summed E-state index contributed by atoms with van der Waals surface area (Å²) in [6, 6.07) is 17.0. The third kappa shape index (κ3) is 8.31. The van der Waals surface area contributed by atoms with E-state index in [-0.39, 0.29) is 24.0 Å². The molecule has 1 saturated heterocycles. The molecule has 2 aromatic carbocycles. The molecule has 6 nitrogen and oxygen atoms in total. The van der Waals surface area contributed by atoms with E-state index in [2.05, 4.69) is 62.8 Å². The summed E-state index contributed by atoms with van der Waals surface area (Å²) in [7, 11) is 5.71. The lowest BCUT2D eigenvalue weighted by molar-refractivity contribution is 0.148. The molecular weight excluding hydrogens is 501 g/mol. The predicted molar refractivity (Wildman–Crippen MR) is 140 cm³/mol. The molecule has 1 aliphatic rings. The topological polar surface area (TPSA) is 52.1 Å². The zero-order valence-electron chi connectivity index (χ0n) is 18.9. The van der Waals surface area contributed by atoms with E-state index in [1.807, 2.05) is 18.2 Å². The zero-order valence-corrected chi connectivity index (χ0v) is 21.3. The molecule has 0 amide bonds. The Balaban J connectivity index is 0.00000341. The van der Waals surface area contributed by atoms with E-state index in [0.29, 0.717) is 0 Å². The van der Waals surface area contributed by atoms with Crippen molar-refractivity contribution in [3.8, 4) is 5.75 Å². The van der Waals surface area contributed by atoms with Gasteiger partial charge in [0, 0.05) is 52.9 Å². The van der Waals surface area contributed by atoms with E-state index in [9.17, 15) is 0 Å². The molecule has 0 aromatic heterocycles. The van der Waals surface area contributed by atoms with Gasteiger partial charge in [0.15, 0.2) is 5.96 Å². The summed E-state index contributed by atoms with van der Waals surface area (Å²) in [5.41, 5.74) is 3.83. The van der Waals surface area contributed by atoms with E-state index in [0.717, 1.165) is 63.9 Å². The summed E-state index contributed by atoms with van der Waals surface area (Å²) in [5, 5.41) is 6.78. The van der Waals surface area contributed by atoms with Crippen molar-refractivity contribution < 1.29 is 4.74 Å². The van der Waals surface area contributed by atoms with Crippen molar-refractivity contribution in [2.24, 2.45) is 4.99 Å². The Hall–Kier alpha value is -1.84. The van der Waals surface area contributed by atoms with Crippen LogP contribution >= 0.6 is 24.0 Å². The van der Waals surface area contributed by atoms with E-state index in [1.54, 1.807) is 14.2 Å². The lowest BCUT2D eigenvalue weighted by atomic mass is 10.1. The standard InChI is InChI=1S/C24H35N5O.HI/c1-25-24(26-13-12-22-6-4-5-7-23(22)30-3)27-18-20-8-10-21(11-9-20)19-29-16-14-28(2)15-17-29;/h4-11H,12-19H2,1-3H3,(H2,25,26,27);1H. The van der Waals surface area contributed by atoms with Crippen molar-refractivity contribution in [2.45, 2.75) is 19.5 Å². The lowest BCUT2D eigenvalue weighted by Gasteiger charge is -2.32. The van der Waals surface area contributed by atoms with Gasteiger partial charge in [0.05, 0.1) is 7.11 Å². The molecule has 0 saturated carbocycles. The number of ether oxygens (including phenoxy) is 1. The number of para-hydroxylation sites is 1. The summed E-state index contributed by atoms with van der Waals surface area (Å²) >= 11 is 0. The summed E-state index contributed by atoms with van der Waals surface area (Å²) < 4.78 is 5.42. The van der Waals surface area contributed by atoms with Crippen LogP contribution in [-0.2, 0) is 19.5 Å². The number of likely N-dealkylation sites (N-methyl/N-ethyl adjacent to an activating group) is 1. The van der Waals surface area contributed by atoms with Gasteiger partial charge in [-0.05, 0) is 36.2 Å². The van der Waals surface area contributed by atoms with Gasteiger partial charge in [-0.25, -0.2) is 0 Å². The molecule has 1 heterocycles. The Labute approximate surface area is 204 Å². The monoisotopic (exact) mass is 537 g/mol. The first kappa shape index (κ1) is 25.4. The minimum atomic E-state index is 0. The van der Waals surface area contributed by atoms with Gasteiger partial charge in [0.2, 0.25) is 0 Å². The Kier molecular flexibility index (Phi) is 11.1. The van der Waals surface area contributed by atoms with Gasteiger partial charge in [-0.3, -0.25) is 9.89 Å². The number of nitrogens with zero attached hydrogens (tertiary/aromatic N) is 3. The first-order chi connectivity index (χ1) is 14.7. The summed E-state index contributed by atoms with van der Waals surface area (Å²) in [5.74, 6) is 1.74. The molecular formula is C24H36IN5O. The van der Waals surface area contributed by atoms with E-state index in [4.69, 9.17) is 4.74 Å². The second kappa shape index (κ2) is 13.5. The number of nitrogens with one attached hydrogen (secondary N) is 2. The predicted octanol–water partition coefficient (Wildman–Crippen LogP) is 2.97. The first-order valence-corrected chi connectivity index (χ1v) is 10.7. The number of hydrogen-bond donors (Lipinski definition) is 2. The highest BCUT2D eigenvalue weighted by molar-refractivity contribution is 14.0. The average Bonchev–Trinajstić information content (AvgIpc) is 2.79. The fourth-order valence-electron chi connectivity index (χ4n) is 3.66. The molecule has 0 spiro atoms. The van der Waals surface area contributed by atoms with Crippen molar-refractivity contribution >= 4 is 29.9 Å². The SMILES string of the molecule is CN=C(NCCc1ccccc1OC)NCc1ccc(CN2CCN(C)CC2)cc1.I. The van der Waals surface area contributed by atoms with Crippen LogP contribution in [0.2, 0.25) is 0 Å². The number of hydrogen-bond acceptors (Lipinski definition) is 4. The van der Waals surface area contributed by atoms with Crippen LogP contribution in [0.3, 0.4) is 0 Å². The minimum absolute atomic E-state index is 0. The Morgan fingerprint density at radius 1 is 0.968 bits per heavy atom. The highest BCUT2D eigenvalue weighted by atomic mass is 127. The first-order valence-electron chi connectivity index (χ1n) is 10.7. The molecule has 0 bridgehead atoms. The van der Waals surface area contributed by atoms with Crippen molar-refractivity contribution in [1.82, 2.24) is 20.4 Å². The molecule has 170 valence electrons. The zero-order chi connectivity index (χ0) is 21.2. The number of benzene rings is 2. The third-order valence-corrected chi connectivity index (χ3v) is 5.59. The van der Waals surface area contributed by atoms with Crippen molar-refractivity contribution in [2.75, 3.05) is 53.9 Å². The second-order valence-corrected chi connectivity index (χ2v) is 7.81. The third-order valence-electron chi connectivity index (χ3n) is 5.59. The summed E-state index contributed by atoms with van der Waals surface area (Å²) in [4.78, 5) is 9.25. The van der Waals surface area contributed by atoms with Crippen LogP contribution in [0.25, 0.3) is 0 Å². The minimum Gasteiger partial charge on any atom is -0.496 e. The largest absolute Gasteiger partial charge is 0.496 e. The van der Waals surface area contributed by atoms with E-state index >= 15 is 0 Å². The van der Waals surface area contributed by atoms with Gasteiger partial charge in [0.1, 0.15) is 5.75 Å². The van der Waals surface area contributed by atoms with Crippen molar-refractivity contribution in [3.05, 3.63) is 65.2 Å². The van der Waals surface area contributed by atoms with Gasteiger partial charge in [-0.2, -0.15) is 0 Å². The van der Waals surface area contributed by atoms with E-state index < -0.39 is 0 Å². The molecule has 0 unspecified atom stereocenters. The molecule has 0 aliphatic carbocycles. The maximum Gasteiger partial charge on any atom is 0.191 e. The Bertz CT molecular complexity index is 804. The molecule has 1 aliphatic heterocycles. The van der Waals surface area contributed by atoms with Crippen LogP contribution in [0.15, 0.2) is 53.5 Å². The molecule has 2 aromatic rings. The summed E-state index contributed by atoms with van der Waals surface area (Å²) in [6.45, 7) is 7.20. The maximum atomic E-state index is 5.42. The molecule has 7 heteroatoms. The fraction of sp³-hybridized carbons (Fsp3) is 0.458. The van der Waals surface area contributed by atoms with Crippen LogP contribution in [0.5, 0.6) is 5.75 Å². The van der Waals surface area contributed by atoms with E-state index in [1.165, 1.54) is 16.7 Å². The summed E-state index contributed by atoms with van der Waals surface area (Å²) in [6.07, 6.45) is 0.881. The number of guanidine groups is 1. The van der Waals surface area contributed by atoms with Gasteiger partial charge in [-0.15, -0.1) is 24.0 Å². The molecule has 3 rings (SSSR count). The molecule has 31 heavy (non-hydrogen) atoms. The lowest BCUT2D eigenvalue weighted by Crippen LogP contribution is -2.43. The number of aliphatic imine (C=N–C) groups is 1. The van der Waals surface area contributed by atoms with Crippen LogP contribution < -0.4 is 15.4 Å². The Morgan fingerprint density at radius 3 is 2.32 bits per heavy atom. The number of halogens is 1. The van der Waals surface area contributed by atoms with Crippen molar-refractivity contribution in [1.29, 1.82) is 0 Å². The highest BCUT2D eigenvalue weighted by Gasteiger charge is 2.13. The van der Waals surface area contributed by atoms with Crippen LogP contribution in [0, 0.1) is 0 Å². The molecule has 2 N–H and O–H groups in total. The van der Waals surface area contributed by atoms with Gasteiger partial charge in [0.25, 0.3) is 0 Å². The number of piperazine rings is 1. The van der Waals surface area contributed by atoms with Gasteiger partial charge >= 0.3 is 0 Å². The van der Waals surface area contributed by atoms with Gasteiger partial charge in [-0.1, -0.05) is 42.5 Å². The molecule has 0 radical (unpaired) electrons. The van der Waals surface area contributed by atoms with Gasteiger partial charge < -0.3 is 20.3 Å². The number of methoxy groups -OCH3 is 1. The Morgan fingerprint density at radius 2 is 1.65 bits per heavy atom. The van der Waals surface area contributed by atoms with Crippen LogP contribution in [0.1, 0.15) is 16.7 Å². The second-order valence-electron chi connectivity index (χ2n) is 7.81. The highest BCUT2D eigenvalue weighted by Crippen LogP contribution is 2.17. The quantitative estimate of drug-likeness (QED) is 0.308. The number of rotatable bonds is 8.